The molecule has 0 spiro atoms. The van der Waals surface area contributed by atoms with E-state index in [4.69, 9.17) is 14.6 Å². The minimum Gasteiger partial charge on any atom is -0.487 e. The van der Waals surface area contributed by atoms with Gasteiger partial charge in [-0.1, -0.05) is 19.9 Å². The van der Waals surface area contributed by atoms with Gasteiger partial charge >= 0.3 is 0 Å². The fraction of sp³-hybridized carbons (Fsp3) is 0.348. The molecule has 0 bridgehead atoms. The molecule has 0 saturated heterocycles. The van der Waals surface area contributed by atoms with E-state index in [-0.39, 0.29) is 0 Å². The van der Waals surface area contributed by atoms with Crippen LogP contribution in [0.15, 0.2) is 53.1 Å². The summed E-state index contributed by atoms with van der Waals surface area (Å²) in [5, 5.41) is 8.13. The zero-order valence-electron chi connectivity index (χ0n) is 16.7. The normalized spacial score (nSPS) is 12.0. The third kappa shape index (κ3) is 5.06. The first-order valence-electron chi connectivity index (χ1n) is 9.73. The summed E-state index contributed by atoms with van der Waals surface area (Å²) in [6, 6.07) is 13.5. The molecular weight excluding hydrogens is 350 g/mol. The van der Waals surface area contributed by atoms with E-state index < -0.39 is 0 Å². The summed E-state index contributed by atoms with van der Waals surface area (Å²) in [5.74, 6) is 2.53. The Morgan fingerprint density at radius 1 is 1.18 bits per heavy atom. The van der Waals surface area contributed by atoms with E-state index >= 15 is 0 Å². The van der Waals surface area contributed by atoms with Crippen molar-refractivity contribution in [1.82, 2.24) is 9.97 Å². The summed E-state index contributed by atoms with van der Waals surface area (Å²) in [7, 11) is 0. The van der Waals surface area contributed by atoms with Crippen LogP contribution in [0.2, 0.25) is 0 Å². The van der Waals surface area contributed by atoms with Crippen molar-refractivity contribution >= 4 is 5.71 Å². The molecule has 0 saturated carbocycles. The topological polar surface area (TPSA) is 72.0 Å². The van der Waals surface area contributed by atoms with Crippen LogP contribution in [0.1, 0.15) is 43.8 Å². The van der Waals surface area contributed by atoms with Gasteiger partial charge in [0.2, 0.25) is 5.89 Å². The number of aryl methyl sites for hydroxylation is 2. The van der Waals surface area contributed by atoms with Gasteiger partial charge in [0.1, 0.15) is 18.1 Å². The number of hydrogen-bond acceptors (Lipinski definition) is 5. The number of oxazole rings is 1. The number of rotatable bonds is 9. The first kappa shape index (κ1) is 19.8. The summed E-state index contributed by atoms with van der Waals surface area (Å²) in [5.41, 5.74) is 3.51. The van der Waals surface area contributed by atoms with E-state index in [0.717, 1.165) is 53.4 Å². The molecule has 2 heterocycles. The quantitative estimate of drug-likeness (QED) is 0.491. The molecule has 0 aliphatic rings. The van der Waals surface area contributed by atoms with E-state index in [0.29, 0.717) is 18.4 Å². The van der Waals surface area contributed by atoms with Gasteiger partial charge in [0.25, 0.3) is 0 Å². The molecule has 1 atom stereocenters. The monoisotopic (exact) mass is 377 g/mol. The van der Waals surface area contributed by atoms with Crippen molar-refractivity contribution in [1.29, 1.82) is 5.41 Å². The van der Waals surface area contributed by atoms with Crippen LogP contribution in [0.25, 0.3) is 11.5 Å². The maximum absolute atomic E-state index is 8.13. The number of nitrogens with zero attached hydrogens (tertiary/aromatic N) is 2. The van der Waals surface area contributed by atoms with Crippen molar-refractivity contribution in [3.8, 4) is 17.2 Å². The van der Waals surface area contributed by atoms with Gasteiger partial charge in [-0.05, 0) is 68.5 Å². The van der Waals surface area contributed by atoms with Crippen molar-refractivity contribution in [2.24, 2.45) is 5.92 Å². The van der Waals surface area contributed by atoms with Gasteiger partial charge in [0.15, 0.2) is 0 Å². The van der Waals surface area contributed by atoms with E-state index in [1.807, 2.05) is 49.4 Å². The fourth-order valence-corrected chi connectivity index (χ4v) is 2.86. The highest BCUT2D eigenvalue weighted by Gasteiger charge is 2.14. The van der Waals surface area contributed by atoms with Crippen molar-refractivity contribution in [2.75, 3.05) is 0 Å². The molecule has 2 aromatic heterocycles. The Hall–Kier alpha value is -2.95. The first-order valence-corrected chi connectivity index (χ1v) is 9.73. The van der Waals surface area contributed by atoms with Gasteiger partial charge in [-0.2, -0.15) is 0 Å². The Kier molecular flexibility index (Phi) is 6.58. The SMILES string of the molecule is CC[C@@H](C)C(=N)CCc1nc(-c2ccc(OCc3ccccn3)cc2)oc1C. The van der Waals surface area contributed by atoms with Crippen LogP contribution >= 0.6 is 0 Å². The predicted molar refractivity (Wildman–Crippen MR) is 111 cm³/mol. The molecule has 5 heteroatoms. The standard InChI is InChI=1S/C23H27N3O2/c1-4-16(2)21(24)12-13-22-17(3)28-23(26-22)18-8-10-20(11-9-18)27-15-19-7-5-6-14-25-19/h5-11,14,16,24H,4,12-13,15H2,1-3H3/t16-/m1/s1. The molecule has 5 nitrogen and oxygen atoms in total. The lowest BCUT2D eigenvalue weighted by molar-refractivity contribution is 0.301. The third-order valence-electron chi connectivity index (χ3n) is 4.95. The Balaban J connectivity index is 1.61. The summed E-state index contributed by atoms with van der Waals surface area (Å²) in [4.78, 5) is 8.90. The zero-order valence-corrected chi connectivity index (χ0v) is 16.7. The second-order valence-corrected chi connectivity index (χ2v) is 6.99. The second kappa shape index (κ2) is 9.31. The lowest BCUT2D eigenvalue weighted by atomic mass is 9.98. The van der Waals surface area contributed by atoms with Gasteiger partial charge in [-0.25, -0.2) is 4.98 Å². The largest absolute Gasteiger partial charge is 0.487 e. The average molecular weight is 377 g/mol. The molecule has 3 rings (SSSR count). The molecule has 0 amide bonds. The first-order chi connectivity index (χ1) is 13.6. The van der Waals surface area contributed by atoms with Crippen molar-refractivity contribution in [3.05, 3.63) is 65.8 Å². The van der Waals surface area contributed by atoms with Gasteiger partial charge in [-0.15, -0.1) is 0 Å². The van der Waals surface area contributed by atoms with Crippen LogP contribution in [-0.2, 0) is 13.0 Å². The van der Waals surface area contributed by atoms with E-state index in [1.54, 1.807) is 6.20 Å². The minimum atomic E-state index is 0.324. The molecular formula is C23H27N3O2. The molecule has 3 aromatic rings. The van der Waals surface area contributed by atoms with Crippen molar-refractivity contribution in [2.45, 2.75) is 46.6 Å². The van der Waals surface area contributed by atoms with Crippen LogP contribution in [0.4, 0.5) is 0 Å². The van der Waals surface area contributed by atoms with E-state index in [1.165, 1.54) is 0 Å². The smallest absolute Gasteiger partial charge is 0.226 e. The van der Waals surface area contributed by atoms with Crippen LogP contribution in [-0.4, -0.2) is 15.7 Å². The number of benzene rings is 1. The van der Waals surface area contributed by atoms with Crippen molar-refractivity contribution < 1.29 is 9.15 Å². The molecule has 0 aliphatic heterocycles. The van der Waals surface area contributed by atoms with Crippen LogP contribution in [0.3, 0.4) is 0 Å². The van der Waals surface area contributed by atoms with Crippen LogP contribution in [0, 0.1) is 18.3 Å². The Labute approximate surface area is 166 Å². The summed E-state index contributed by atoms with van der Waals surface area (Å²) >= 11 is 0. The molecule has 0 radical (unpaired) electrons. The third-order valence-corrected chi connectivity index (χ3v) is 4.95. The molecule has 146 valence electrons. The molecule has 0 fully saturated rings. The van der Waals surface area contributed by atoms with Crippen LogP contribution < -0.4 is 4.74 Å². The second-order valence-electron chi connectivity index (χ2n) is 6.99. The highest BCUT2D eigenvalue weighted by molar-refractivity contribution is 5.83. The maximum atomic E-state index is 8.13. The number of nitrogens with one attached hydrogen (secondary N) is 1. The van der Waals surface area contributed by atoms with Crippen molar-refractivity contribution in [3.63, 3.8) is 0 Å². The number of ether oxygens (including phenoxy) is 1. The predicted octanol–water partition coefficient (Wildman–Crippen LogP) is 5.62. The molecule has 0 unspecified atom stereocenters. The van der Waals surface area contributed by atoms with Gasteiger partial charge < -0.3 is 14.6 Å². The molecule has 0 aliphatic carbocycles. The highest BCUT2D eigenvalue weighted by Crippen LogP contribution is 2.25. The van der Waals surface area contributed by atoms with E-state index in [9.17, 15) is 0 Å². The zero-order chi connectivity index (χ0) is 19.9. The van der Waals surface area contributed by atoms with Crippen LogP contribution in [0.5, 0.6) is 5.75 Å². The summed E-state index contributed by atoms with van der Waals surface area (Å²) < 4.78 is 11.6. The maximum Gasteiger partial charge on any atom is 0.226 e. The lowest BCUT2D eigenvalue weighted by Crippen LogP contribution is -2.10. The summed E-state index contributed by atoms with van der Waals surface area (Å²) in [6.07, 6.45) is 4.22. The lowest BCUT2D eigenvalue weighted by Gasteiger charge is -2.09. The highest BCUT2D eigenvalue weighted by atomic mass is 16.5. The number of aromatic nitrogens is 2. The Bertz CT molecular complexity index is 901. The van der Waals surface area contributed by atoms with E-state index in [2.05, 4.69) is 23.8 Å². The van der Waals surface area contributed by atoms with Gasteiger partial charge in [0, 0.05) is 17.5 Å². The fourth-order valence-electron chi connectivity index (χ4n) is 2.86. The minimum absolute atomic E-state index is 0.324. The molecule has 1 aromatic carbocycles. The summed E-state index contributed by atoms with van der Waals surface area (Å²) in [6.45, 7) is 6.58. The molecule has 28 heavy (non-hydrogen) atoms. The Morgan fingerprint density at radius 3 is 2.64 bits per heavy atom. The number of pyridine rings is 1. The Morgan fingerprint density at radius 2 is 1.96 bits per heavy atom. The number of hydrogen-bond donors (Lipinski definition) is 1. The van der Waals surface area contributed by atoms with Gasteiger partial charge in [-0.3, -0.25) is 4.98 Å². The average Bonchev–Trinajstić information content (AvgIpc) is 3.11. The van der Waals surface area contributed by atoms with Gasteiger partial charge in [0.05, 0.1) is 11.4 Å². The molecule has 1 N–H and O–H groups in total.